The number of nitrogens with one attached hydrogen (secondary N) is 1. The van der Waals surface area contributed by atoms with Gasteiger partial charge in [-0.15, -0.1) is 0 Å². The first-order chi connectivity index (χ1) is 17.1. The molecule has 35 heavy (non-hydrogen) atoms. The van der Waals surface area contributed by atoms with E-state index in [0.717, 1.165) is 68.7 Å². The SMILES string of the molecule is CN(Cc1cccc(OCCN2CCN(C(=O)[C@H]3Cc4ccccc4O3)CC2)c1)Cc1ncc[nH]1. The molecule has 3 heterocycles. The van der Waals surface area contributed by atoms with E-state index in [0.29, 0.717) is 13.0 Å². The monoisotopic (exact) mass is 475 g/mol. The Hall–Kier alpha value is -3.36. The zero-order chi connectivity index (χ0) is 24.0. The zero-order valence-electron chi connectivity index (χ0n) is 20.2. The Balaban J connectivity index is 1.02. The summed E-state index contributed by atoms with van der Waals surface area (Å²) in [6.07, 6.45) is 3.91. The molecule has 0 unspecified atom stereocenters. The van der Waals surface area contributed by atoms with Crippen molar-refractivity contribution in [3.63, 3.8) is 0 Å². The molecule has 0 spiro atoms. The van der Waals surface area contributed by atoms with E-state index in [9.17, 15) is 4.79 Å². The van der Waals surface area contributed by atoms with Gasteiger partial charge in [-0.25, -0.2) is 4.98 Å². The lowest BCUT2D eigenvalue weighted by Crippen LogP contribution is -2.52. The number of hydrogen-bond acceptors (Lipinski definition) is 6. The highest BCUT2D eigenvalue weighted by molar-refractivity contribution is 5.82. The topological polar surface area (TPSA) is 73.9 Å². The molecule has 5 rings (SSSR count). The number of nitrogens with zero attached hydrogens (tertiary/aromatic N) is 4. The minimum atomic E-state index is -0.382. The van der Waals surface area contributed by atoms with Gasteiger partial charge in [0.2, 0.25) is 0 Å². The molecule has 1 aromatic heterocycles. The van der Waals surface area contributed by atoms with Gasteiger partial charge in [-0.05, 0) is 36.4 Å². The van der Waals surface area contributed by atoms with E-state index in [1.54, 1.807) is 6.20 Å². The van der Waals surface area contributed by atoms with Gasteiger partial charge in [0.15, 0.2) is 6.10 Å². The average Bonchev–Trinajstić information content (AvgIpc) is 3.54. The van der Waals surface area contributed by atoms with Crippen LogP contribution in [0.25, 0.3) is 0 Å². The summed E-state index contributed by atoms with van der Waals surface area (Å²) in [7, 11) is 2.08. The summed E-state index contributed by atoms with van der Waals surface area (Å²) in [6, 6.07) is 16.2. The minimum Gasteiger partial charge on any atom is -0.492 e. The average molecular weight is 476 g/mol. The first-order valence-corrected chi connectivity index (χ1v) is 12.3. The molecule has 0 aliphatic carbocycles. The largest absolute Gasteiger partial charge is 0.492 e. The Morgan fingerprint density at radius 1 is 1.14 bits per heavy atom. The van der Waals surface area contributed by atoms with E-state index < -0.39 is 0 Å². The second kappa shape index (κ2) is 10.9. The number of carbonyl (C=O) groups excluding carboxylic acids is 1. The summed E-state index contributed by atoms with van der Waals surface area (Å²) in [5, 5.41) is 0. The Labute approximate surface area is 206 Å². The van der Waals surface area contributed by atoms with Crippen molar-refractivity contribution >= 4 is 5.91 Å². The van der Waals surface area contributed by atoms with Gasteiger partial charge in [-0.1, -0.05) is 30.3 Å². The first kappa shape index (κ1) is 23.4. The smallest absolute Gasteiger partial charge is 0.264 e. The van der Waals surface area contributed by atoms with Crippen molar-refractivity contribution in [1.82, 2.24) is 24.7 Å². The lowest BCUT2D eigenvalue weighted by molar-refractivity contribution is -0.139. The van der Waals surface area contributed by atoms with Crippen molar-refractivity contribution in [2.45, 2.75) is 25.6 Å². The molecule has 1 N–H and O–H groups in total. The van der Waals surface area contributed by atoms with Gasteiger partial charge in [0.1, 0.15) is 23.9 Å². The molecule has 2 aliphatic rings. The predicted molar refractivity (Wildman–Crippen MR) is 133 cm³/mol. The van der Waals surface area contributed by atoms with E-state index in [2.05, 4.69) is 38.9 Å². The number of amides is 1. The second-order valence-electron chi connectivity index (χ2n) is 9.29. The van der Waals surface area contributed by atoms with Crippen molar-refractivity contribution in [2.75, 3.05) is 46.4 Å². The number of rotatable bonds is 9. The third kappa shape index (κ3) is 6.01. The molecule has 8 nitrogen and oxygen atoms in total. The predicted octanol–water partition coefficient (Wildman–Crippen LogP) is 2.57. The summed E-state index contributed by atoms with van der Waals surface area (Å²) in [4.78, 5) is 26.9. The third-order valence-corrected chi connectivity index (χ3v) is 6.61. The first-order valence-electron chi connectivity index (χ1n) is 12.3. The Bertz CT molecular complexity index is 1090. The number of piperazine rings is 1. The van der Waals surface area contributed by atoms with Crippen LogP contribution in [-0.4, -0.2) is 83.1 Å². The third-order valence-electron chi connectivity index (χ3n) is 6.61. The summed E-state index contributed by atoms with van der Waals surface area (Å²) in [5.41, 5.74) is 2.33. The van der Waals surface area contributed by atoms with Gasteiger partial charge in [0.05, 0.1) is 6.54 Å². The maximum atomic E-state index is 12.9. The van der Waals surface area contributed by atoms with Gasteiger partial charge in [-0.2, -0.15) is 0 Å². The number of H-pyrrole nitrogens is 1. The van der Waals surface area contributed by atoms with Crippen LogP contribution in [0.1, 0.15) is 17.0 Å². The molecule has 0 saturated carbocycles. The number of benzene rings is 2. The molecule has 0 radical (unpaired) electrons. The van der Waals surface area contributed by atoms with E-state index in [-0.39, 0.29) is 12.0 Å². The molecular formula is C27H33N5O3. The summed E-state index contributed by atoms with van der Waals surface area (Å²) >= 11 is 0. The van der Waals surface area contributed by atoms with Crippen molar-refractivity contribution in [3.05, 3.63) is 77.9 Å². The number of carbonyl (C=O) groups is 1. The van der Waals surface area contributed by atoms with Crippen LogP contribution in [0.4, 0.5) is 0 Å². The van der Waals surface area contributed by atoms with Crippen LogP contribution in [0.3, 0.4) is 0 Å². The summed E-state index contributed by atoms with van der Waals surface area (Å²) < 4.78 is 11.9. The van der Waals surface area contributed by atoms with Crippen LogP contribution in [0, 0.1) is 0 Å². The molecule has 1 saturated heterocycles. The van der Waals surface area contributed by atoms with Crippen molar-refractivity contribution in [2.24, 2.45) is 0 Å². The van der Waals surface area contributed by atoms with E-state index in [1.807, 2.05) is 47.5 Å². The van der Waals surface area contributed by atoms with Crippen LogP contribution in [0.15, 0.2) is 60.9 Å². The molecule has 1 fully saturated rings. The maximum absolute atomic E-state index is 12.9. The van der Waals surface area contributed by atoms with Gasteiger partial charge in [0, 0.05) is 58.1 Å². The minimum absolute atomic E-state index is 0.103. The number of aromatic nitrogens is 2. The highest BCUT2D eigenvalue weighted by Crippen LogP contribution is 2.29. The van der Waals surface area contributed by atoms with E-state index >= 15 is 0 Å². The highest BCUT2D eigenvalue weighted by Gasteiger charge is 2.33. The van der Waals surface area contributed by atoms with Crippen molar-refractivity contribution < 1.29 is 14.3 Å². The molecule has 2 aliphatic heterocycles. The number of aromatic amines is 1. The lowest BCUT2D eigenvalue weighted by atomic mass is 10.1. The molecule has 2 aromatic carbocycles. The molecule has 1 amide bonds. The molecule has 0 bridgehead atoms. The molecule has 1 atom stereocenters. The number of hydrogen-bond donors (Lipinski definition) is 1. The summed E-state index contributed by atoms with van der Waals surface area (Å²) in [6.45, 7) is 6.23. The summed E-state index contributed by atoms with van der Waals surface area (Å²) in [5.74, 6) is 2.80. The van der Waals surface area contributed by atoms with Crippen LogP contribution < -0.4 is 9.47 Å². The molecule has 3 aromatic rings. The van der Waals surface area contributed by atoms with Crippen molar-refractivity contribution in [3.8, 4) is 11.5 Å². The normalized spacial score (nSPS) is 17.9. The number of imidazole rings is 1. The molecule has 184 valence electrons. The van der Waals surface area contributed by atoms with Crippen LogP contribution in [0.5, 0.6) is 11.5 Å². The van der Waals surface area contributed by atoms with Gasteiger partial charge in [0.25, 0.3) is 5.91 Å². The Morgan fingerprint density at radius 3 is 2.80 bits per heavy atom. The van der Waals surface area contributed by atoms with Gasteiger partial charge < -0.3 is 19.4 Å². The number of para-hydroxylation sites is 1. The van der Waals surface area contributed by atoms with Crippen LogP contribution >= 0.6 is 0 Å². The fraction of sp³-hybridized carbons (Fsp3) is 0.407. The van der Waals surface area contributed by atoms with E-state index in [1.165, 1.54) is 5.56 Å². The number of fused-ring (bicyclic) bond motifs is 1. The highest BCUT2D eigenvalue weighted by atomic mass is 16.5. The second-order valence-corrected chi connectivity index (χ2v) is 9.29. The molecular weight excluding hydrogens is 442 g/mol. The standard InChI is InChI=1S/C27H33N5O3/c1-30(20-26-28-9-10-29-26)19-21-5-4-7-23(17-21)34-16-15-31-11-13-32(14-12-31)27(33)25-18-22-6-2-3-8-24(22)35-25/h2-10,17,25H,11-16,18-20H2,1H3,(H,28,29)/t25-/m1/s1. The zero-order valence-corrected chi connectivity index (χ0v) is 20.2. The quantitative estimate of drug-likeness (QED) is 0.513. The fourth-order valence-electron chi connectivity index (χ4n) is 4.75. The van der Waals surface area contributed by atoms with Crippen LogP contribution in [-0.2, 0) is 24.3 Å². The maximum Gasteiger partial charge on any atom is 0.264 e. The van der Waals surface area contributed by atoms with Gasteiger partial charge >= 0.3 is 0 Å². The molecule has 8 heteroatoms. The number of ether oxygens (including phenoxy) is 2. The fourth-order valence-corrected chi connectivity index (χ4v) is 4.75. The Morgan fingerprint density at radius 2 is 2.00 bits per heavy atom. The van der Waals surface area contributed by atoms with Crippen molar-refractivity contribution in [1.29, 1.82) is 0 Å². The van der Waals surface area contributed by atoms with E-state index in [4.69, 9.17) is 9.47 Å². The lowest BCUT2D eigenvalue weighted by Gasteiger charge is -2.35. The van der Waals surface area contributed by atoms with Crippen LogP contribution in [0.2, 0.25) is 0 Å². The van der Waals surface area contributed by atoms with Gasteiger partial charge in [-0.3, -0.25) is 14.6 Å². The Kier molecular flexibility index (Phi) is 7.30.